The molecule has 0 spiro atoms. The number of esters is 1. The predicted octanol–water partition coefficient (Wildman–Crippen LogP) is 5.16. The quantitative estimate of drug-likeness (QED) is 0.691. The van der Waals surface area contributed by atoms with Crippen LogP contribution in [0.2, 0.25) is 0 Å². The molecule has 2 heterocycles. The van der Waals surface area contributed by atoms with Crippen LogP contribution in [0.25, 0.3) is 0 Å². The van der Waals surface area contributed by atoms with Crippen molar-refractivity contribution in [3.8, 4) is 0 Å². The van der Waals surface area contributed by atoms with Gasteiger partial charge in [-0.25, -0.2) is 0 Å². The summed E-state index contributed by atoms with van der Waals surface area (Å²) >= 11 is 0. The molecule has 148 valence electrons. The zero-order chi connectivity index (χ0) is 20.0. The summed E-state index contributed by atoms with van der Waals surface area (Å²) in [6, 6.07) is 13.6. The molecular weight excluding hydrogens is 348 g/mol. The van der Waals surface area contributed by atoms with Crippen molar-refractivity contribution in [2.24, 2.45) is 0 Å². The van der Waals surface area contributed by atoms with Crippen molar-refractivity contribution in [1.29, 1.82) is 0 Å². The lowest BCUT2D eigenvalue weighted by Gasteiger charge is -2.31. The van der Waals surface area contributed by atoms with E-state index in [4.69, 9.17) is 4.74 Å². The van der Waals surface area contributed by atoms with E-state index in [0.29, 0.717) is 18.4 Å². The highest BCUT2D eigenvalue weighted by atomic mass is 16.6. The topological polar surface area (TPSA) is 32.8 Å². The first-order valence-corrected chi connectivity index (χ1v) is 10.3. The van der Waals surface area contributed by atoms with Gasteiger partial charge in [0.15, 0.2) is 6.23 Å². The molecule has 0 aromatic heterocycles. The average molecular weight is 379 g/mol. The van der Waals surface area contributed by atoms with Gasteiger partial charge in [0.1, 0.15) is 0 Å². The number of hydrogen-bond donors (Lipinski definition) is 0. The Morgan fingerprint density at radius 1 is 0.929 bits per heavy atom. The van der Waals surface area contributed by atoms with Crippen molar-refractivity contribution in [2.45, 2.75) is 65.8 Å². The van der Waals surface area contributed by atoms with E-state index in [-0.39, 0.29) is 12.2 Å². The molecule has 28 heavy (non-hydrogen) atoms. The van der Waals surface area contributed by atoms with Gasteiger partial charge in [0.05, 0.1) is 6.54 Å². The van der Waals surface area contributed by atoms with E-state index < -0.39 is 0 Å². The van der Waals surface area contributed by atoms with Gasteiger partial charge in [-0.1, -0.05) is 52.0 Å². The third kappa shape index (κ3) is 3.36. The van der Waals surface area contributed by atoms with Crippen LogP contribution in [-0.2, 0) is 22.6 Å². The van der Waals surface area contributed by atoms with Crippen molar-refractivity contribution >= 4 is 17.3 Å². The number of hydrogen-bond acceptors (Lipinski definition) is 4. The molecule has 0 aliphatic carbocycles. The zero-order valence-electron chi connectivity index (χ0n) is 17.5. The zero-order valence-corrected chi connectivity index (χ0v) is 17.5. The van der Waals surface area contributed by atoms with Gasteiger partial charge in [0.2, 0.25) is 0 Å². The van der Waals surface area contributed by atoms with E-state index in [9.17, 15) is 4.79 Å². The fourth-order valence-electron chi connectivity index (χ4n) is 4.33. The fourth-order valence-corrected chi connectivity index (χ4v) is 4.33. The molecule has 2 bridgehead atoms. The van der Waals surface area contributed by atoms with Crippen LogP contribution in [0.15, 0.2) is 36.4 Å². The molecule has 4 rings (SSSR count). The highest BCUT2D eigenvalue weighted by molar-refractivity contribution is 5.70. The van der Waals surface area contributed by atoms with Gasteiger partial charge in [-0.05, 0) is 46.2 Å². The summed E-state index contributed by atoms with van der Waals surface area (Å²) < 4.78 is 5.77. The maximum Gasteiger partial charge on any atom is 0.304 e. The highest BCUT2D eigenvalue weighted by Crippen LogP contribution is 2.39. The molecule has 2 aliphatic rings. The summed E-state index contributed by atoms with van der Waals surface area (Å²) in [5, 5.41) is 0. The molecule has 0 radical (unpaired) electrons. The molecule has 1 unspecified atom stereocenters. The highest BCUT2D eigenvalue weighted by Gasteiger charge is 2.35. The maximum absolute atomic E-state index is 11.8. The number of ether oxygens (including phenoxy) is 1. The smallest absolute Gasteiger partial charge is 0.304 e. The molecule has 4 nitrogen and oxygen atoms in total. The van der Waals surface area contributed by atoms with Crippen LogP contribution in [-0.4, -0.2) is 18.7 Å². The Labute approximate surface area is 168 Å². The number of carbonyl (C=O) groups excluding carboxylic acids is 1. The van der Waals surface area contributed by atoms with Crippen molar-refractivity contribution in [1.82, 2.24) is 0 Å². The number of benzene rings is 2. The van der Waals surface area contributed by atoms with Crippen molar-refractivity contribution in [3.05, 3.63) is 58.7 Å². The van der Waals surface area contributed by atoms with Crippen molar-refractivity contribution in [2.75, 3.05) is 16.3 Å². The molecule has 2 aliphatic heterocycles. The van der Waals surface area contributed by atoms with E-state index in [1.54, 1.807) is 0 Å². The molecule has 1 atom stereocenters. The minimum atomic E-state index is -0.279. The van der Waals surface area contributed by atoms with Gasteiger partial charge >= 0.3 is 5.97 Å². The molecule has 0 amide bonds. The minimum Gasteiger partial charge on any atom is -0.440 e. The first kappa shape index (κ1) is 18.9. The predicted molar refractivity (Wildman–Crippen MR) is 114 cm³/mol. The number of nitrogens with zero attached hydrogens (tertiary/aromatic N) is 2. The lowest BCUT2D eigenvalue weighted by Crippen LogP contribution is -2.42. The Kier molecular flexibility index (Phi) is 4.82. The van der Waals surface area contributed by atoms with Gasteiger partial charge in [0, 0.05) is 31.4 Å². The summed E-state index contributed by atoms with van der Waals surface area (Å²) in [4.78, 5) is 16.5. The second-order valence-corrected chi connectivity index (χ2v) is 8.66. The van der Waals surface area contributed by atoms with Crippen LogP contribution in [0, 0.1) is 0 Å². The molecule has 0 fully saturated rings. The summed E-state index contributed by atoms with van der Waals surface area (Å²) in [5.41, 5.74) is 7.74. The van der Waals surface area contributed by atoms with Gasteiger partial charge < -0.3 is 14.5 Å². The Morgan fingerprint density at radius 3 is 2.07 bits per heavy atom. The van der Waals surface area contributed by atoms with E-state index in [0.717, 1.165) is 13.1 Å². The van der Waals surface area contributed by atoms with Crippen LogP contribution in [0.5, 0.6) is 0 Å². The van der Waals surface area contributed by atoms with Crippen molar-refractivity contribution < 1.29 is 9.53 Å². The van der Waals surface area contributed by atoms with E-state index in [1.165, 1.54) is 40.6 Å². The second kappa shape index (κ2) is 7.16. The summed E-state index contributed by atoms with van der Waals surface area (Å²) in [7, 11) is 0. The Morgan fingerprint density at radius 2 is 1.50 bits per heavy atom. The van der Waals surface area contributed by atoms with Crippen LogP contribution >= 0.6 is 0 Å². The number of rotatable bonds is 3. The van der Waals surface area contributed by atoms with Crippen LogP contribution in [0.4, 0.5) is 11.4 Å². The summed E-state index contributed by atoms with van der Waals surface area (Å²) in [6.07, 6.45) is -0.279. The first-order valence-electron chi connectivity index (χ1n) is 10.3. The molecule has 0 saturated heterocycles. The molecule has 0 saturated carbocycles. The largest absolute Gasteiger partial charge is 0.440 e. The Bertz CT molecular complexity index is 903. The first-order chi connectivity index (χ1) is 13.3. The van der Waals surface area contributed by atoms with E-state index in [2.05, 4.69) is 73.9 Å². The number of anilines is 2. The van der Waals surface area contributed by atoms with Crippen LogP contribution in [0.3, 0.4) is 0 Å². The lowest BCUT2D eigenvalue weighted by atomic mass is 9.96. The van der Waals surface area contributed by atoms with Gasteiger partial charge in [0.25, 0.3) is 0 Å². The third-order valence-electron chi connectivity index (χ3n) is 5.92. The fraction of sp³-hybridized carbons (Fsp3) is 0.458. The monoisotopic (exact) mass is 378 g/mol. The van der Waals surface area contributed by atoms with Crippen molar-refractivity contribution in [3.63, 3.8) is 0 Å². The molecule has 4 heteroatoms. The number of fused-ring (bicyclic) bond motifs is 7. The van der Waals surface area contributed by atoms with Gasteiger partial charge in [-0.3, -0.25) is 4.79 Å². The molecular formula is C24H30N2O2. The average Bonchev–Trinajstić information content (AvgIpc) is 2.86. The lowest BCUT2D eigenvalue weighted by molar-refractivity contribution is -0.145. The standard InChI is InChI=1S/C24H30N2O2/c1-15(2)18-6-8-22-21(11-18)13-26-23-9-7-19(16(3)4)10-20(23)12-25(22)14-24(26)28-17(5)27/h6-11,15-16,24H,12-14H2,1-5H3. The maximum atomic E-state index is 11.8. The van der Waals surface area contributed by atoms with E-state index in [1.807, 2.05) is 0 Å². The Hall–Kier alpha value is -2.49. The third-order valence-corrected chi connectivity index (χ3v) is 5.92. The second-order valence-electron chi connectivity index (χ2n) is 8.66. The number of carbonyl (C=O) groups is 1. The van der Waals surface area contributed by atoms with Crippen LogP contribution < -0.4 is 9.80 Å². The normalized spacial score (nSPS) is 18.0. The summed E-state index contributed by atoms with van der Waals surface area (Å²) in [5.74, 6) is 0.748. The Balaban J connectivity index is 1.83. The minimum absolute atomic E-state index is 0.231. The van der Waals surface area contributed by atoms with Gasteiger partial charge in [-0.15, -0.1) is 0 Å². The molecule has 2 aromatic carbocycles. The van der Waals surface area contributed by atoms with Crippen LogP contribution in [0.1, 0.15) is 68.7 Å². The van der Waals surface area contributed by atoms with E-state index >= 15 is 0 Å². The SMILES string of the molecule is CC(=O)OC1CN2Cc3cc(C(C)C)ccc3N1Cc1cc(C(C)C)ccc12. The summed E-state index contributed by atoms with van der Waals surface area (Å²) in [6.45, 7) is 12.7. The molecule has 0 N–H and O–H groups in total. The van der Waals surface area contributed by atoms with Gasteiger partial charge in [-0.2, -0.15) is 0 Å². The molecule has 2 aromatic rings.